The molecule has 6 nitrogen and oxygen atoms in total. The molecule has 3 aliphatic rings. The van der Waals surface area contributed by atoms with Gasteiger partial charge >= 0.3 is 0 Å². The summed E-state index contributed by atoms with van der Waals surface area (Å²) in [5.41, 5.74) is 0. The molecule has 3 aliphatic heterocycles. The van der Waals surface area contributed by atoms with Gasteiger partial charge in [-0.25, -0.2) is 0 Å². The van der Waals surface area contributed by atoms with Crippen LogP contribution >= 0.6 is 0 Å². The highest BCUT2D eigenvalue weighted by atomic mass is 16.2. The van der Waals surface area contributed by atoms with E-state index in [0.29, 0.717) is 24.4 Å². The van der Waals surface area contributed by atoms with Gasteiger partial charge in [-0.05, 0) is 45.4 Å². The minimum Gasteiger partial charge on any atom is -0.342 e. The number of likely N-dealkylation sites (tertiary alicyclic amines) is 2. The van der Waals surface area contributed by atoms with E-state index in [1.165, 1.54) is 19.3 Å². The van der Waals surface area contributed by atoms with Crippen LogP contribution in [-0.4, -0.2) is 95.9 Å². The average molecular weight is 393 g/mol. The van der Waals surface area contributed by atoms with Crippen LogP contribution < -0.4 is 0 Å². The molecule has 0 saturated carbocycles. The van der Waals surface area contributed by atoms with Gasteiger partial charge in [0, 0.05) is 51.9 Å². The zero-order chi connectivity index (χ0) is 19.9. The van der Waals surface area contributed by atoms with Crippen LogP contribution in [0.2, 0.25) is 0 Å². The van der Waals surface area contributed by atoms with Crippen LogP contribution in [0.25, 0.3) is 0 Å². The number of hydrogen-bond acceptors (Lipinski definition) is 4. The second-order valence-corrected chi connectivity index (χ2v) is 8.87. The summed E-state index contributed by atoms with van der Waals surface area (Å²) in [5.74, 6) is 0.597. The molecule has 3 rings (SSSR count). The summed E-state index contributed by atoms with van der Waals surface area (Å²) in [6.45, 7) is 11.1. The highest BCUT2D eigenvalue weighted by Crippen LogP contribution is 2.22. The van der Waals surface area contributed by atoms with E-state index < -0.39 is 0 Å². The lowest BCUT2D eigenvalue weighted by atomic mass is 9.99. The predicted molar refractivity (Wildman–Crippen MR) is 112 cm³/mol. The van der Waals surface area contributed by atoms with E-state index in [1.54, 1.807) is 0 Å². The fourth-order valence-electron chi connectivity index (χ4n) is 5.03. The molecule has 6 heteroatoms. The van der Waals surface area contributed by atoms with Crippen molar-refractivity contribution < 1.29 is 9.59 Å². The van der Waals surface area contributed by atoms with E-state index in [0.717, 1.165) is 77.9 Å². The Hall–Kier alpha value is -1.14. The second kappa shape index (κ2) is 10.6. The zero-order valence-corrected chi connectivity index (χ0v) is 18.1. The third-order valence-corrected chi connectivity index (χ3v) is 7.01. The van der Waals surface area contributed by atoms with Gasteiger partial charge in [-0.15, -0.1) is 0 Å². The van der Waals surface area contributed by atoms with Gasteiger partial charge in [0.2, 0.25) is 11.8 Å². The molecule has 0 spiro atoms. The number of nitrogens with zero attached hydrogens (tertiary/aromatic N) is 4. The highest BCUT2D eigenvalue weighted by Gasteiger charge is 2.33. The molecular formula is C22H40N4O2. The van der Waals surface area contributed by atoms with Crippen LogP contribution in [-0.2, 0) is 9.59 Å². The molecule has 160 valence electrons. The maximum absolute atomic E-state index is 13.1. The zero-order valence-electron chi connectivity index (χ0n) is 18.1. The molecule has 3 heterocycles. The Morgan fingerprint density at radius 1 is 0.857 bits per heavy atom. The number of amides is 2. The topological polar surface area (TPSA) is 47.1 Å². The van der Waals surface area contributed by atoms with Crippen LogP contribution in [0.1, 0.15) is 65.2 Å². The van der Waals surface area contributed by atoms with Gasteiger partial charge in [-0.3, -0.25) is 19.4 Å². The maximum atomic E-state index is 13.1. The van der Waals surface area contributed by atoms with Crippen molar-refractivity contribution in [2.45, 2.75) is 77.3 Å². The molecule has 0 aliphatic carbocycles. The summed E-state index contributed by atoms with van der Waals surface area (Å²) in [6, 6.07) is 0.381. The van der Waals surface area contributed by atoms with Crippen LogP contribution in [0, 0.1) is 0 Å². The first-order valence-electron chi connectivity index (χ1n) is 11.6. The summed E-state index contributed by atoms with van der Waals surface area (Å²) in [6.07, 6.45) is 9.41. The SMILES string of the molecule is CCC1CCCCN1C(=O)C(C)N1CCN(CC(=O)N2CCCCCC2)CC1. The van der Waals surface area contributed by atoms with Gasteiger partial charge in [-0.2, -0.15) is 0 Å². The molecule has 28 heavy (non-hydrogen) atoms. The van der Waals surface area contributed by atoms with E-state index in [9.17, 15) is 9.59 Å². The molecule has 0 bridgehead atoms. The maximum Gasteiger partial charge on any atom is 0.239 e. The Kier molecular flexibility index (Phi) is 8.15. The smallest absolute Gasteiger partial charge is 0.239 e. The fourth-order valence-corrected chi connectivity index (χ4v) is 5.03. The van der Waals surface area contributed by atoms with Crippen molar-refractivity contribution in [3.05, 3.63) is 0 Å². The molecule has 0 aromatic heterocycles. The van der Waals surface area contributed by atoms with Gasteiger partial charge in [0.15, 0.2) is 0 Å². The third-order valence-electron chi connectivity index (χ3n) is 7.01. The lowest BCUT2D eigenvalue weighted by Crippen LogP contribution is -2.57. The van der Waals surface area contributed by atoms with Crippen molar-refractivity contribution >= 4 is 11.8 Å². The van der Waals surface area contributed by atoms with Crippen molar-refractivity contribution in [1.82, 2.24) is 19.6 Å². The molecule has 0 aromatic carbocycles. The normalized spacial score (nSPS) is 26.7. The number of piperazine rings is 1. The molecule has 0 N–H and O–H groups in total. The summed E-state index contributed by atoms with van der Waals surface area (Å²) < 4.78 is 0. The summed E-state index contributed by atoms with van der Waals surface area (Å²) in [7, 11) is 0. The molecule has 3 saturated heterocycles. The Bertz CT molecular complexity index is 511. The number of piperidine rings is 1. The average Bonchev–Trinajstić information content (AvgIpc) is 3.03. The molecule has 2 atom stereocenters. The number of hydrogen-bond donors (Lipinski definition) is 0. The quantitative estimate of drug-likeness (QED) is 0.720. The molecule has 2 amide bonds. The van der Waals surface area contributed by atoms with E-state index in [2.05, 4.69) is 33.4 Å². The van der Waals surface area contributed by atoms with Gasteiger partial charge in [0.25, 0.3) is 0 Å². The first-order valence-corrected chi connectivity index (χ1v) is 11.6. The lowest BCUT2D eigenvalue weighted by Gasteiger charge is -2.42. The van der Waals surface area contributed by atoms with E-state index in [4.69, 9.17) is 0 Å². The number of carbonyl (C=O) groups excluding carboxylic acids is 2. The van der Waals surface area contributed by atoms with E-state index in [-0.39, 0.29) is 6.04 Å². The Labute approximate surface area is 171 Å². The molecule has 0 aromatic rings. The Balaban J connectivity index is 1.45. The van der Waals surface area contributed by atoms with Crippen LogP contribution in [0.15, 0.2) is 0 Å². The highest BCUT2D eigenvalue weighted by molar-refractivity contribution is 5.82. The fraction of sp³-hybridized carbons (Fsp3) is 0.909. The summed E-state index contributed by atoms with van der Waals surface area (Å²) in [5, 5.41) is 0. The third kappa shape index (κ3) is 5.47. The van der Waals surface area contributed by atoms with Crippen molar-refractivity contribution in [2.24, 2.45) is 0 Å². The van der Waals surface area contributed by atoms with E-state index >= 15 is 0 Å². The standard InChI is InChI=1S/C22H40N4O2/c1-3-20-10-6-9-13-26(20)22(28)19(2)24-16-14-23(15-17-24)18-21(27)25-11-7-4-5-8-12-25/h19-20H,3-18H2,1-2H3. The summed E-state index contributed by atoms with van der Waals surface area (Å²) in [4.78, 5) is 34.5. The van der Waals surface area contributed by atoms with Gasteiger partial charge in [0.1, 0.15) is 0 Å². The van der Waals surface area contributed by atoms with Gasteiger partial charge in [0.05, 0.1) is 12.6 Å². The Morgan fingerprint density at radius 2 is 1.50 bits per heavy atom. The monoisotopic (exact) mass is 392 g/mol. The second-order valence-electron chi connectivity index (χ2n) is 8.87. The van der Waals surface area contributed by atoms with Crippen molar-refractivity contribution in [3.63, 3.8) is 0 Å². The first kappa shape index (κ1) is 21.6. The Morgan fingerprint density at radius 3 is 2.14 bits per heavy atom. The van der Waals surface area contributed by atoms with Gasteiger partial charge < -0.3 is 9.80 Å². The summed E-state index contributed by atoms with van der Waals surface area (Å²) >= 11 is 0. The predicted octanol–water partition coefficient (Wildman–Crippen LogP) is 2.19. The molecule has 2 unspecified atom stereocenters. The first-order chi connectivity index (χ1) is 13.6. The van der Waals surface area contributed by atoms with Crippen molar-refractivity contribution in [2.75, 3.05) is 52.4 Å². The number of carbonyl (C=O) groups is 2. The van der Waals surface area contributed by atoms with Crippen molar-refractivity contribution in [1.29, 1.82) is 0 Å². The minimum absolute atomic E-state index is 0.0457. The molecule has 3 fully saturated rings. The van der Waals surface area contributed by atoms with Crippen LogP contribution in [0.3, 0.4) is 0 Å². The van der Waals surface area contributed by atoms with E-state index in [1.807, 2.05) is 0 Å². The minimum atomic E-state index is -0.0457. The van der Waals surface area contributed by atoms with Crippen molar-refractivity contribution in [3.8, 4) is 0 Å². The number of rotatable bonds is 5. The van der Waals surface area contributed by atoms with Gasteiger partial charge in [-0.1, -0.05) is 19.8 Å². The molecular weight excluding hydrogens is 352 g/mol. The van der Waals surface area contributed by atoms with Crippen LogP contribution in [0.5, 0.6) is 0 Å². The molecule has 0 radical (unpaired) electrons. The van der Waals surface area contributed by atoms with Crippen LogP contribution in [0.4, 0.5) is 0 Å². The largest absolute Gasteiger partial charge is 0.342 e. The lowest BCUT2D eigenvalue weighted by molar-refractivity contribution is -0.141.